The second-order valence-electron chi connectivity index (χ2n) is 4.89. The predicted molar refractivity (Wildman–Crippen MR) is 93.6 cm³/mol. The zero-order valence-corrected chi connectivity index (χ0v) is 14.1. The molecule has 0 fully saturated rings. The van der Waals surface area contributed by atoms with Crippen molar-refractivity contribution in [3.05, 3.63) is 54.8 Å². The molecular weight excluding hydrogens is 382 g/mol. The van der Waals surface area contributed by atoms with Crippen molar-refractivity contribution in [1.29, 1.82) is 0 Å². The van der Waals surface area contributed by atoms with Crippen LogP contribution in [0.1, 0.15) is 0 Å². The highest BCUT2D eigenvalue weighted by atomic mass is 35.5. The van der Waals surface area contributed by atoms with Crippen LogP contribution in [0.5, 0.6) is 0 Å². The summed E-state index contributed by atoms with van der Waals surface area (Å²) in [6.07, 6.45) is 0. The zero-order valence-electron chi connectivity index (χ0n) is 11.1. The van der Waals surface area contributed by atoms with Crippen molar-refractivity contribution in [3.8, 4) is 5.95 Å². The summed E-state index contributed by atoms with van der Waals surface area (Å²) in [5.74, 6) is 0.327. The number of aromatic nitrogens is 4. The average Bonchev–Trinajstić information content (AvgIpc) is 3.00. The molecule has 2 aromatic heterocycles. The van der Waals surface area contributed by atoms with Crippen LogP contribution in [0.4, 0.5) is 0 Å². The summed E-state index contributed by atoms with van der Waals surface area (Å²) in [6, 6.07) is 6.47. The van der Waals surface area contributed by atoms with Gasteiger partial charge in [-0.2, -0.15) is 0 Å². The minimum absolute atomic E-state index is 0.327. The topological polar surface area (TPSA) is 66.5 Å². The van der Waals surface area contributed by atoms with Crippen LogP contribution in [0.3, 0.4) is 0 Å². The van der Waals surface area contributed by atoms with E-state index in [9.17, 15) is 4.79 Å². The first-order valence-electron chi connectivity index (χ1n) is 6.39. The Morgan fingerprint density at radius 3 is 2.17 bits per heavy atom. The van der Waals surface area contributed by atoms with Gasteiger partial charge in [0, 0.05) is 0 Å². The van der Waals surface area contributed by atoms with E-state index in [0.717, 1.165) is 0 Å². The van der Waals surface area contributed by atoms with Crippen molar-refractivity contribution in [2.75, 3.05) is 0 Å². The van der Waals surface area contributed by atoms with Gasteiger partial charge in [-0.1, -0.05) is 46.4 Å². The van der Waals surface area contributed by atoms with Crippen LogP contribution in [0.2, 0.25) is 20.1 Å². The van der Waals surface area contributed by atoms with Crippen molar-refractivity contribution < 1.29 is 0 Å². The van der Waals surface area contributed by atoms with Crippen LogP contribution in [0.15, 0.2) is 29.1 Å². The third kappa shape index (κ3) is 2.32. The lowest BCUT2D eigenvalue weighted by atomic mass is 10.3. The molecule has 0 aliphatic carbocycles. The lowest BCUT2D eigenvalue weighted by Crippen LogP contribution is -2.15. The molecule has 0 aliphatic rings. The fraction of sp³-hybridized carbons (Fsp3) is 0. The van der Waals surface area contributed by atoms with E-state index in [1.165, 1.54) is 4.57 Å². The van der Waals surface area contributed by atoms with E-state index in [1.807, 2.05) is 0 Å². The molecule has 5 nitrogen and oxygen atoms in total. The highest BCUT2D eigenvalue weighted by Gasteiger charge is 2.15. The molecule has 0 saturated heterocycles. The molecule has 0 aliphatic heterocycles. The number of H-pyrrole nitrogens is 2. The highest BCUT2D eigenvalue weighted by Crippen LogP contribution is 2.29. The first-order valence-corrected chi connectivity index (χ1v) is 7.90. The second-order valence-corrected chi connectivity index (χ2v) is 6.52. The van der Waals surface area contributed by atoms with E-state index in [1.54, 1.807) is 24.3 Å². The second kappa shape index (κ2) is 5.18. The molecule has 9 heteroatoms. The summed E-state index contributed by atoms with van der Waals surface area (Å²) in [4.78, 5) is 22.4. The molecular formula is C14H6Cl4N4O. The Morgan fingerprint density at radius 1 is 0.826 bits per heavy atom. The standard InChI is InChI=1S/C14H6Cl4N4O/c15-5-1-9-10(2-6(5)16)20-13(19-9)22-12-4-8(18)7(17)3-11(12)21-14(22)23/h1-4H,(H,19,20)(H,21,23). The maximum atomic E-state index is 12.3. The summed E-state index contributed by atoms with van der Waals surface area (Å²) in [5, 5.41) is 1.48. The molecule has 0 saturated carbocycles. The smallest absolute Gasteiger partial charge is 0.323 e. The van der Waals surface area contributed by atoms with E-state index < -0.39 is 0 Å². The number of aromatic amines is 2. The molecule has 4 rings (SSSR count). The van der Waals surface area contributed by atoms with Crippen LogP contribution in [0.25, 0.3) is 28.0 Å². The minimum atomic E-state index is -0.366. The van der Waals surface area contributed by atoms with Crippen LogP contribution in [0, 0.1) is 0 Å². The molecule has 0 atom stereocenters. The van der Waals surface area contributed by atoms with E-state index in [-0.39, 0.29) is 5.69 Å². The Balaban J connectivity index is 2.04. The molecule has 2 heterocycles. The molecule has 0 amide bonds. The lowest BCUT2D eigenvalue weighted by Gasteiger charge is -2.00. The number of hydrogen-bond acceptors (Lipinski definition) is 2. The largest absolute Gasteiger partial charge is 0.333 e. The van der Waals surface area contributed by atoms with Gasteiger partial charge in [0.15, 0.2) is 0 Å². The maximum absolute atomic E-state index is 12.3. The molecule has 0 radical (unpaired) electrons. The Kier molecular flexibility index (Phi) is 3.35. The Bertz CT molecular complexity index is 1100. The molecule has 0 unspecified atom stereocenters. The van der Waals surface area contributed by atoms with Gasteiger partial charge in [0.05, 0.1) is 42.2 Å². The van der Waals surface area contributed by atoms with Crippen LogP contribution >= 0.6 is 46.4 Å². The molecule has 2 aromatic carbocycles. The molecule has 4 aromatic rings. The monoisotopic (exact) mass is 386 g/mol. The number of benzene rings is 2. The van der Waals surface area contributed by atoms with E-state index >= 15 is 0 Å². The van der Waals surface area contributed by atoms with Gasteiger partial charge < -0.3 is 9.97 Å². The van der Waals surface area contributed by atoms with E-state index in [2.05, 4.69) is 15.0 Å². The summed E-state index contributed by atoms with van der Waals surface area (Å²) in [6.45, 7) is 0. The van der Waals surface area contributed by atoms with E-state index in [0.29, 0.717) is 48.1 Å². The number of fused-ring (bicyclic) bond motifs is 2. The van der Waals surface area contributed by atoms with Gasteiger partial charge in [-0.3, -0.25) is 0 Å². The summed E-state index contributed by atoms with van der Waals surface area (Å²) < 4.78 is 1.37. The van der Waals surface area contributed by atoms with Gasteiger partial charge in [-0.15, -0.1) is 0 Å². The number of imidazole rings is 2. The Hall–Kier alpha value is -1.66. The Labute approximate surface area is 148 Å². The van der Waals surface area contributed by atoms with Gasteiger partial charge in [0.2, 0.25) is 5.95 Å². The predicted octanol–water partition coefficient (Wildman–Crippen LogP) is 4.81. The van der Waals surface area contributed by atoms with Gasteiger partial charge >= 0.3 is 5.69 Å². The van der Waals surface area contributed by atoms with Crippen molar-refractivity contribution in [1.82, 2.24) is 19.5 Å². The molecule has 0 bridgehead atoms. The lowest BCUT2D eigenvalue weighted by molar-refractivity contribution is 0.944. The van der Waals surface area contributed by atoms with Crippen molar-refractivity contribution in [2.24, 2.45) is 0 Å². The number of nitrogens with one attached hydrogen (secondary N) is 2. The van der Waals surface area contributed by atoms with E-state index in [4.69, 9.17) is 46.4 Å². The highest BCUT2D eigenvalue weighted by molar-refractivity contribution is 6.43. The third-order valence-corrected chi connectivity index (χ3v) is 4.89. The van der Waals surface area contributed by atoms with Gasteiger partial charge in [0.1, 0.15) is 0 Å². The normalized spacial score (nSPS) is 11.7. The number of halogens is 4. The number of rotatable bonds is 1. The quantitative estimate of drug-likeness (QED) is 0.492. The summed E-state index contributed by atoms with van der Waals surface area (Å²) >= 11 is 24.0. The van der Waals surface area contributed by atoms with Crippen molar-refractivity contribution >= 4 is 68.5 Å². The molecule has 0 spiro atoms. The first kappa shape index (κ1) is 14.9. The summed E-state index contributed by atoms with van der Waals surface area (Å²) in [7, 11) is 0. The Morgan fingerprint density at radius 2 is 1.43 bits per heavy atom. The van der Waals surface area contributed by atoms with Crippen molar-refractivity contribution in [3.63, 3.8) is 0 Å². The fourth-order valence-electron chi connectivity index (χ4n) is 2.41. The van der Waals surface area contributed by atoms with Crippen LogP contribution in [-0.4, -0.2) is 19.5 Å². The molecule has 2 N–H and O–H groups in total. The molecule has 116 valence electrons. The van der Waals surface area contributed by atoms with Crippen LogP contribution in [-0.2, 0) is 0 Å². The van der Waals surface area contributed by atoms with Gasteiger partial charge in [-0.25, -0.2) is 14.3 Å². The first-order chi connectivity index (χ1) is 10.9. The SMILES string of the molecule is O=c1[nH]c2cc(Cl)c(Cl)cc2n1-c1nc2cc(Cl)c(Cl)cc2[nH]1. The number of nitrogens with zero attached hydrogens (tertiary/aromatic N) is 2. The minimum Gasteiger partial charge on any atom is -0.323 e. The maximum Gasteiger partial charge on any atom is 0.333 e. The fourth-order valence-corrected chi connectivity index (χ4v) is 3.05. The van der Waals surface area contributed by atoms with Crippen molar-refractivity contribution in [2.45, 2.75) is 0 Å². The average molecular weight is 388 g/mol. The number of hydrogen-bond donors (Lipinski definition) is 2. The summed E-state index contributed by atoms with van der Waals surface area (Å²) in [5.41, 5.74) is 2.00. The van der Waals surface area contributed by atoms with Gasteiger partial charge in [-0.05, 0) is 24.3 Å². The third-order valence-electron chi connectivity index (χ3n) is 3.45. The van der Waals surface area contributed by atoms with Crippen LogP contribution < -0.4 is 5.69 Å². The van der Waals surface area contributed by atoms with Gasteiger partial charge in [0.25, 0.3) is 0 Å². The molecule has 23 heavy (non-hydrogen) atoms. The zero-order chi connectivity index (χ0) is 16.3.